The van der Waals surface area contributed by atoms with Gasteiger partial charge in [0.2, 0.25) is 0 Å². The van der Waals surface area contributed by atoms with Gasteiger partial charge in [-0.1, -0.05) is 18.2 Å². The molecule has 4 saturated carbocycles. The number of hydrogen-bond acceptors (Lipinski definition) is 2. The molecular formula is C17H20OS. The molecule has 0 atom stereocenters. The Bertz CT molecular complexity index is 496. The van der Waals surface area contributed by atoms with E-state index in [4.69, 9.17) is 4.74 Å². The minimum absolute atomic E-state index is 0.141. The van der Waals surface area contributed by atoms with Crippen LogP contribution in [0.2, 0.25) is 0 Å². The smallest absolute Gasteiger partial charge is 0.160 e. The van der Waals surface area contributed by atoms with Crippen LogP contribution >= 0.6 is 11.8 Å². The number of benzene rings is 1. The van der Waals surface area contributed by atoms with E-state index in [0.29, 0.717) is 0 Å². The van der Waals surface area contributed by atoms with E-state index in [1.165, 1.54) is 43.4 Å². The molecule has 1 spiro atoms. The van der Waals surface area contributed by atoms with Crippen molar-refractivity contribution >= 4 is 11.8 Å². The molecule has 1 aromatic rings. The molecule has 6 rings (SSSR count). The van der Waals surface area contributed by atoms with Crippen LogP contribution in [0.3, 0.4) is 0 Å². The predicted molar refractivity (Wildman–Crippen MR) is 78.1 cm³/mol. The minimum atomic E-state index is 0.141. The maximum atomic E-state index is 6.66. The molecule has 2 heteroatoms. The summed E-state index contributed by atoms with van der Waals surface area (Å²) in [6.07, 6.45) is 7.25. The first-order chi connectivity index (χ1) is 9.33. The number of hydrogen-bond donors (Lipinski definition) is 0. The lowest BCUT2D eigenvalue weighted by Crippen LogP contribution is -2.59. The quantitative estimate of drug-likeness (QED) is 0.689. The minimum Gasteiger partial charge on any atom is -0.476 e. The van der Waals surface area contributed by atoms with Crippen LogP contribution < -0.4 is 4.74 Å². The average Bonchev–Trinajstić information content (AvgIpc) is 2.44. The first kappa shape index (κ1) is 11.1. The van der Waals surface area contributed by atoms with Crippen molar-refractivity contribution in [2.24, 2.45) is 23.7 Å². The molecule has 0 saturated heterocycles. The first-order valence-corrected chi connectivity index (χ1v) is 8.73. The molecule has 19 heavy (non-hydrogen) atoms. The van der Waals surface area contributed by atoms with Gasteiger partial charge in [0.05, 0.1) is 0 Å². The van der Waals surface area contributed by atoms with Gasteiger partial charge in [-0.2, -0.15) is 0 Å². The van der Waals surface area contributed by atoms with Crippen LogP contribution in [0, 0.1) is 23.7 Å². The third-order valence-electron chi connectivity index (χ3n) is 5.97. The number of para-hydroxylation sites is 1. The summed E-state index contributed by atoms with van der Waals surface area (Å²) in [6.45, 7) is 0. The third-order valence-corrected chi connectivity index (χ3v) is 7.63. The summed E-state index contributed by atoms with van der Waals surface area (Å²) in [4.78, 5) is 0.141. The maximum Gasteiger partial charge on any atom is 0.160 e. The van der Waals surface area contributed by atoms with Gasteiger partial charge in [0, 0.05) is 23.2 Å². The fourth-order valence-electron chi connectivity index (χ4n) is 5.36. The van der Waals surface area contributed by atoms with Crippen molar-refractivity contribution in [3.63, 3.8) is 0 Å². The molecule has 4 fully saturated rings. The van der Waals surface area contributed by atoms with E-state index in [1.807, 2.05) is 0 Å². The molecule has 5 aliphatic rings. The summed E-state index contributed by atoms with van der Waals surface area (Å²) >= 11 is 2.12. The van der Waals surface area contributed by atoms with E-state index in [1.54, 1.807) is 0 Å². The monoisotopic (exact) mass is 272 g/mol. The van der Waals surface area contributed by atoms with Crippen molar-refractivity contribution in [3.8, 4) is 5.75 Å². The SMILES string of the molecule is c1ccc2c(c1)CSC1(O2)C2CC3CC(C2)CC1C3. The van der Waals surface area contributed by atoms with Crippen molar-refractivity contribution in [2.75, 3.05) is 0 Å². The second kappa shape index (κ2) is 3.72. The van der Waals surface area contributed by atoms with E-state index in [9.17, 15) is 0 Å². The zero-order chi connectivity index (χ0) is 12.4. The van der Waals surface area contributed by atoms with Crippen LogP contribution in [0.25, 0.3) is 0 Å². The van der Waals surface area contributed by atoms with Gasteiger partial charge in [-0.15, -0.1) is 11.8 Å². The molecule has 1 aliphatic heterocycles. The molecule has 4 aliphatic carbocycles. The van der Waals surface area contributed by atoms with Crippen LogP contribution in [0.1, 0.15) is 37.7 Å². The fourth-order valence-corrected chi connectivity index (χ4v) is 6.98. The van der Waals surface area contributed by atoms with E-state index in [0.717, 1.165) is 29.4 Å². The highest BCUT2D eigenvalue weighted by Gasteiger charge is 2.60. The Morgan fingerprint density at radius 1 is 0.947 bits per heavy atom. The lowest BCUT2D eigenvalue weighted by molar-refractivity contribution is -0.102. The van der Waals surface area contributed by atoms with Crippen molar-refractivity contribution in [1.82, 2.24) is 0 Å². The Hall–Kier alpha value is -0.630. The molecule has 0 unspecified atom stereocenters. The Morgan fingerprint density at radius 2 is 1.63 bits per heavy atom. The predicted octanol–water partition coefficient (Wildman–Crippen LogP) is 4.46. The molecule has 1 heterocycles. The first-order valence-electron chi connectivity index (χ1n) is 7.74. The molecule has 0 amide bonds. The van der Waals surface area contributed by atoms with E-state index in [2.05, 4.69) is 36.0 Å². The summed E-state index contributed by atoms with van der Waals surface area (Å²) in [7, 11) is 0. The van der Waals surface area contributed by atoms with Gasteiger partial charge >= 0.3 is 0 Å². The topological polar surface area (TPSA) is 9.23 Å². The van der Waals surface area contributed by atoms with Gasteiger partial charge in [-0.3, -0.25) is 0 Å². The highest BCUT2D eigenvalue weighted by molar-refractivity contribution is 7.99. The van der Waals surface area contributed by atoms with E-state index >= 15 is 0 Å². The third kappa shape index (κ3) is 1.44. The van der Waals surface area contributed by atoms with Crippen molar-refractivity contribution < 1.29 is 4.74 Å². The van der Waals surface area contributed by atoms with Gasteiger partial charge in [0.25, 0.3) is 0 Å². The molecule has 1 aromatic carbocycles. The molecule has 1 nitrogen and oxygen atoms in total. The second-order valence-electron chi connectivity index (χ2n) is 7.02. The molecule has 100 valence electrons. The molecular weight excluding hydrogens is 252 g/mol. The maximum absolute atomic E-state index is 6.66. The standard InChI is InChI=1S/C17H20OS/c1-2-4-16-13(3-1)10-19-17(18-16)14-6-11-5-12(8-14)9-15(17)7-11/h1-4,11-12,14-15H,5-10H2. The molecule has 0 radical (unpaired) electrons. The van der Waals surface area contributed by atoms with Gasteiger partial charge in [0.1, 0.15) is 5.75 Å². The van der Waals surface area contributed by atoms with Crippen LogP contribution in [0.5, 0.6) is 5.75 Å². The normalized spacial score (nSPS) is 46.1. The van der Waals surface area contributed by atoms with Gasteiger partial charge in [-0.05, 0) is 50.0 Å². The van der Waals surface area contributed by atoms with Gasteiger partial charge in [0.15, 0.2) is 4.93 Å². The summed E-state index contributed by atoms with van der Waals surface area (Å²) in [5.74, 6) is 6.01. The van der Waals surface area contributed by atoms with Crippen molar-refractivity contribution in [2.45, 2.75) is 42.8 Å². The van der Waals surface area contributed by atoms with Crippen molar-refractivity contribution in [1.29, 1.82) is 0 Å². The largest absolute Gasteiger partial charge is 0.476 e. The van der Waals surface area contributed by atoms with Crippen LogP contribution in [0.4, 0.5) is 0 Å². The lowest BCUT2D eigenvalue weighted by Gasteiger charge is -2.61. The molecule has 0 N–H and O–H groups in total. The zero-order valence-electron chi connectivity index (χ0n) is 11.2. The number of ether oxygens (including phenoxy) is 1. The summed E-state index contributed by atoms with van der Waals surface area (Å²) < 4.78 is 6.66. The number of fused-ring (bicyclic) bond motifs is 1. The zero-order valence-corrected chi connectivity index (χ0v) is 12.0. The molecule has 0 aromatic heterocycles. The van der Waals surface area contributed by atoms with Crippen LogP contribution in [-0.2, 0) is 5.75 Å². The summed E-state index contributed by atoms with van der Waals surface area (Å²) in [5.41, 5.74) is 1.40. The summed E-state index contributed by atoms with van der Waals surface area (Å²) in [6, 6.07) is 8.67. The van der Waals surface area contributed by atoms with E-state index in [-0.39, 0.29) is 4.93 Å². The Labute approximate surface area is 119 Å². The van der Waals surface area contributed by atoms with Crippen LogP contribution in [-0.4, -0.2) is 4.93 Å². The lowest BCUT2D eigenvalue weighted by atomic mass is 9.54. The molecule has 4 bridgehead atoms. The fraction of sp³-hybridized carbons (Fsp3) is 0.647. The van der Waals surface area contributed by atoms with Crippen LogP contribution in [0.15, 0.2) is 24.3 Å². The Kier molecular flexibility index (Phi) is 2.17. The number of thioether (sulfide) groups is 1. The highest BCUT2D eigenvalue weighted by Crippen LogP contribution is 2.64. The highest BCUT2D eigenvalue weighted by atomic mass is 32.2. The Balaban J connectivity index is 1.56. The van der Waals surface area contributed by atoms with Crippen molar-refractivity contribution in [3.05, 3.63) is 29.8 Å². The summed E-state index contributed by atoms with van der Waals surface area (Å²) in [5, 5.41) is 0. The second-order valence-corrected chi connectivity index (χ2v) is 8.24. The average molecular weight is 272 g/mol. The Morgan fingerprint density at radius 3 is 2.37 bits per heavy atom. The van der Waals surface area contributed by atoms with E-state index < -0.39 is 0 Å². The van der Waals surface area contributed by atoms with Gasteiger partial charge < -0.3 is 4.74 Å². The number of rotatable bonds is 0. The van der Waals surface area contributed by atoms with Gasteiger partial charge in [-0.25, -0.2) is 0 Å².